The van der Waals surface area contributed by atoms with Gasteiger partial charge in [-0.3, -0.25) is 0 Å². The molecule has 6 heteroatoms. The summed E-state index contributed by atoms with van der Waals surface area (Å²) in [6.45, 7) is 16.8. The standard InChI is InChI=1S/C26H48O4Si2/c1-9-31(10-2,11-3)29-21-20-25(27-8)26(30-32(12-4,13-5)14-6)23(7)28-22-24-18-16-15-17-19-24/h15-20,23,26H,9-14,21-22H2,1-8H3/b25-20+/t23-,26-/m0/s1. The van der Waals surface area contributed by atoms with Crippen molar-refractivity contribution in [2.24, 2.45) is 0 Å². The first-order valence-corrected chi connectivity index (χ1v) is 17.7. The molecule has 0 saturated heterocycles. The highest BCUT2D eigenvalue weighted by molar-refractivity contribution is 6.74. The molecule has 0 amide bonds. The summed E-state index contributed by atoms with van der Waals surface area (Å²) in [5, 5.41) is 0. The van der Waals surface area contributed by atoms with E-state index in [1.807, 2.05) is 18.2 Å². The Balaban J connectivity index is 3.08. The predicted molar refractivity (Wildman–Crippen MR) is 141 cm³/mol. The minimum atomic E-state index is -1.86. The van der Waals surface area contributed by atoms with Gasteiger partial charge in [-0.25, -0.2) is 0 Å². The maximum Gasteiger partial charge on any atom is 0.193 e. The van der Waals surface area contributed by atoms with Crippen LogP contribution in [0, 0.1) is 0 Å². The second kappa shape index (κ2) is 15.1. The summed E-state index contributed by atoms with van der Waals surface area (Å²) in [7, 11) is -1.77. The summed E-state index contributed by atoms with van der Waals surface area (Å²) in [6, 6.07) is 17.0. The molecule has 0 radical (unpaired) electrons. The maximum absolute atomic E-state index is 6.93. The van der Waals surface area contributed by atoms with Gasteiger partial charge in [-0.05, 0) is 54.8 Å². The molecule has 184 valence electrons. The van der Waals surface area contributed by atoms with Gasteiger partial charge < -0.3 is 18.3 Å². The fourth-order valence-electron chi connectivity index (χ4n) is 4.22. The zero-order valence-corrected chi connectivity index (χ0v) is 23.9. The average Bonchev–Trinajstić information content (AvgIpc) is 2.85. The maximum atomic E-state index is 6.93. The Kier molecular flexibility index (Phi) is 13.7. The lowest BCUT2D eigenvalue weighted by atomic mass is 10.1. The van der Waals surface area contributed by atoms with Crippen LogP contribution in [0.1, 0.15) is 54.0 Å². The number of methoxy groups -OCH3 is 1. The van der Waals surface area contributed by atoms with Crippen LogP contribution in [0.5, 0.6) is 0 Å². The van der Waals surface area contributed by atoms with Crippen molar-refractivity contribution in [2.45, 2.75) is 104 Å². The Hall–Kier alpha value is -0.926. The van der Waals surface area contributed by atoms with Crippen molar-refractivity contribution in [3.05, 3.63) is 47.7 Å². The Morgan fingerprint density at radius 2 is 1.38 bits per heavy atom. The van der Waals surface area contributed by atoms with Gasteiger partial charge in [0.2, 0.25) is 0 Å². The molecule has 1 rings (SSSR count). The van der Waals surface area contributed by atoms with E-state index >= 15 is 0 Å². The number of hydrogen-bond acceptors (Lipinski definition) is 4. The summed E-state index contributed by atoms with van der Waals surface area (Å²) < 4.78 is 25.6. The molecular weight excluding hydrogens is 432 g/mol. The molecule has 0 spiro atoms. The van der Waals surface area contributed by atoms with E-state index in [9.17, 15) is 0 Å². The number of ether oxygens (including phenoxy) is 2. The van der Waals surface area contributed by atoms with Crippen LogP contribution >= 0.6 is 0 Å². The van der Waals surface area contributed by atoms with Crippen molar-refractivity contribution in [3.63, 3.8) is 0 Å². The lowest BCUT2D eigenvalue weighted by Gasteiger charge is -2.36. The van der Waals surface area contributed by atoms with Crippen LogP contribution in [-0.2, 0) is 24.9 Å². The molecule has 4 nitrogen and oxygen atoms in total. The lowest BCUT2D eigenvalue weighted by molar-refractivity contribution is -0.0318. The molecule has 0 heterocycles. The van der Waals surface area contributed by atoms with Gasteiger partial charge >= 0.3 is 0 Å². The third kappa shape index (κ3) is 8.45. The van der Waals surface area contributed by atoms with Crippen molar-refractivity contribution < 1.29 is 18.3 Å². The minimum absolute atomic E-state index is 0.122. The average molecular weight is 481 g/mol. The highest BCUT2D eigenvalue weighted by Crippen LogP contribution is 2.29. The predicted octanol–water partition coefficient (Wildman–Crippen LogP) is 7.53. The van der Waals surface area contributed by atoms with Crippen molar-refractivity contribution in [2.75, 3.05) is 13.7 Å². The Morgan fingerprint density at radius 3 is 1.84 bits per heavy atom. The number of hydrogen-bond donors (Lipinski definition) is 0. The molecule has 0 fully saturated rings. The first-order chi connectivity index (χ1) is 15.4. The smallest absolute Gasteiger partial charge is 0.193 e. The number of rotatable bonds is 17. The van der Waals surface area contributed by atoms with Gasteiger partial charge in [0.25, 0.3) is 0 Å². The largest absolute Gasteiger partial charge is 0.499 e. The lowest BCUT2D eigenvalue weighted by Crippen LogP contribution is -2.45. The molecule has 32 heavy (non-hydrogen) atoms. The van der Waals surface area contributed by atoms with E-state index < -0.39 is 16.6 Å². The van der Waals surface area contributed by atoms with Gasteiger partial charge in [0, 0.05) is 0 Å². The van der Waals surface area contributed by atoms with Crippen LogP contribution < -0.4 is 0 Å². The summed E-state index contributed by atoms with van der Waals surface area (Å²) in [5.41, 5.74) is 1.17. The topological polar surface area (TPSA) is 36.9 Å². The second-order valence-corrected chi connectivity index (χ2v) is 18.1. The second-order valence-electron chi connectivity index (χ2n) is 8.65. The van der Waals surface area contributed by atoms with Crippen LogP contribution in [0.25, 0.3) is 0 Å². The van der Waals surface area contributed by atoms with Gasteiger partial charge in [0.1, 0.15) is 11.9 Å². The van der Waals surface area contributed by atoms with Gasteiger partial charge in [-0.15, -0.1) is 0 Å². The molecule has 0 aromatic heterocycles. The van der Waals surface area contributed by atoms with E-state index in [1.54, 1.807) is 7.11 Å². The molecular formula is C26H48O4Si2. The third-order valence-corrected chi connectivity index (χ3v) is 16.5. The van der Waals surface area contributed by atoms with Crippen molar-refractivity contribution in [1.29, 1.82) is 0 Å². The van der Waals surface area contributed by atoms with Crippen LogP contribution in [0.3, 0.4) is 0 Å². The first kappa shape index (κ1) is 29.1. The van der Waals surface area contributed by atoms with Crippen LogP contribution in [0.15, 0.2) is 42.2 Å². The van der Waals surface area contributed by atoms with Gasteiger partial charge in [0.05, 0.1) is 26.4 Å². The molecule has 2 atom stereocenters. The highest BCUT2D eigenvalue weighted by atomic mass is 28.4. The minimum Gasteiger partial charge on any atom is -0.499 e. The van der Waals surface area contributed by atoms with E-state index in [1.165, 1.54) is 5.56 Å². The Bertz CT molecular complexity index is 626. The molecule has 0 aliphatic rings. The normalized spacial score (nSPS) is 14.9. The van der Waals surface area contributed by atoms with E-state index in [4.69, 9.17) is 18.3 Å². The highest BCUT2D eigenvalue weighted by Gasteiger charge is 2.37. The molecule has 0 bridgehead atoms. The van der Waals surface area contributed by atoms with Gasteiger partial charge in [-0.1, -0.05) is 71.9 Å². The molecule has 1 aromatic rings. The molecule has 0 aliphatic heterocycles. The monoisotopic (exact) mass is 480 g/mol. The summed E-state index contributed by atoms with van der Waals surface area (Å²) in [6.07, 6.45) is 1.75. The van der Waals surface area contributed by atoms with Crippen molar-refractivity contribution >= 4 is 16.6 Å². The van der Waals surface area contributed by atoms with Gasteiger partial charge in [0.15, 0.2) is 16.6 Å². The van der Waals surface area contributed by atoms with E-state index in [0.717, 1.165) is 42.0 Å². The molecule has 1 aromatic carbocycles. The van der Waals surface area contributed by atoms with Gasteiger partial charge in [-0.2, -0.15) is 0 Å². The molecule has 0 unspecified atom stereocenters. The van der Waals surface area contributed by atoms with Crippen LogP contribution in [-0.4, -0.2) is 42.6 Å². The SMILES string of the molecule is CC[Si](CC)(CC)OC/C=C(/OC)[C@@H](O[Si](CC)(CC)CC)[C@H](C)OCc1ccccc1. The third-order valence-electron chi connectivity index (χ3n) is 7.22. The number of benzene rings is 1. The summed E-state index contributed by atoms with van der Waals surface area (Å²) in [5.74, 6) is 0.837. The van der Waals surface area contributed by atoms with E-state index in [2.05, 4.69) is 66.7 Å². The molecule has 0 saturated carbocycles. The quantitative estimate of drug-likeness (QED) is 0.170. The van der Waals surface area contributed by atoms with Crippen molar-refractivity contribution in [1.82, 2.24) is 0 Å². The fraction of sp³-hybridized carbons (Fsp3) is 0.692. The first-order valence-electron chi connectivity index (χ1n) is 12.6. The van der Waals surface area contributed by atoms with Crippen molar-refractivity contribution in [3.8, 4) is 0 Å². The zero-order valence-electron chi connectivity index (χ0n) is 21.9. The van der Waals surface area contributed by atoms with Crippen LogP contribution in [0.4, 0.5) is 0 Å². The van der Waals surface area contributed by atoms with Crippen LogP contribution in [0.2, 0.25) is 36.3 Å². The molecule has 0 N–H and O–H groups in total. The summed E-state index contributed by atoms with van der Waals surface area (Å²) in [4.78, 5) is 0. The van der Waals surface area contributed by atoms with E-state index in [0.29, 0.717) is 13.2 Å². The fourth-order valence-corrected chi connectivity index (χ4v) is 9.61. The zero-order chi connectivity index (χ0) is 24.0. The Labute approximate surface area is 200 Å². The summed E-state index contributed by atoms with van der Waals surface area (Å²) >= 11 is 0. The Morgan fingerprint density at radius 1 is 0.844 bits per heavy atom. The van der Waals surface area contributed by atoms with E-state index in [-0.39, 0.29) is 12.2 Å². The molecule has 0 aliphatic carbocycles.